The molecule has 2 heterocycles. The average molecular weight is 225 g/mol. The van der Waals surface area contributed by atoms with Crippen LogP contribution in [-0.2, 0) is 9.47 Å². The lowest BCUT2D eigenvalue weighted by Gasteiger charge is -2.10. The number of hydrogen-bond acceptors (Lipinski definition) is 5. The van der Waals surface area contributed by atoms with Crippen LogP contribution in [0.4, 0.5) is 0 Å². The molecule has 16 heavy (non-hydrogen) atoms. The number of ether oxygens (including phenoxy) is 2. The molecule has 1 aliphatic heterocycles. The third-order valence-corrected chi connectivity index (χ3v) is 2.66. The topological polar surface area (TPSA) is 61.6 Å². The molecule has 0 N–H and O–H groups in total. The van der Waals surface area contributed by atoms with E-state index in [1.165, 1.54) is 6.39 Å². The van der Waals surface area contributed by atoms with Crippen molar-refractivity contribution in [3.8, 4) is 0 Å². The summed E-state index contributed by atoms with van der Waals surface area (Å²) in [6.45, 7) is 3.98. The highest BCUT2D eigenvalue weighted by atomic mass is 16.6. The van der Waals surface area contributed by atoms with E-state index in [0.717, 1.165) is 12.8 Å². The van der Waals surface area contributed by atoms with Gasteiger partial charge in [-0.2, -0.15) is 0 Å². The molecule has 0 bridgehead atoms. The summed E-state index contributed by atoms with van der Waals surface area (Å²) in [6.07, 6.45) is 3.47. The molecular weight excluding hydrogens is 210 g/mol. The molecule has 2 rings (SSSR count). The van der Waals surface area contributed by atoms with Crippen LogP contribution in [-0.4, -0.2) is 29.8 Å². The average Bonchev–Trinajstić information content (AvgIpc) is 2.84. The van der Waals surface area contributed by atoms with E-state index in [4.69, 9.17) is 13.9 Å². The predicted octanol–water partition coefficient (Wildman–Crippen LogP) is 1.71. The lowest BCUT2D eigenvalue weighted by Crippen LogP contribution is -2.19. The Morgan fingerprint density at radius 3 is 3.00 bits per heavy atom. The third-order valence-electron chi connectivity index (χ3n) is 2.66. The van der Waals surface area contributed by atoms with Gasteiger partial charge in [-0.3, -0.25) is 0 Å². The van der Waals surface area contributed by atoms with Crippen molar-refractivity contribution in [3.63, 3.8) is 0 Å². The van der Waals surface area contributed by atoms with E-state index >= 15 is 0 Å². The molecule has 1 aliphatic rings. The maximum absolute atomic E-state index is 11.6. The summed E-state index contributed by atoms with van der Waals surface area (Å²) in [7, 11) is 0. The predicted molar refractivity (Wildman–Crippen MR) is 55.1 cm³/mol. The quantitative estimate of drug-likeness (QED) is 0.733. The molecule has 0 amide bonds. The molecule has 0 aromatic carbocycles. The van der Waals surface area contributed by atoms with E-state index in [0.29, 0.717) is 5.76 Å². The minimum Gasteiger partial charge on any atom is -0.458 e. The molecule has 0 unspecified atom stereocenters. The number of esters is 1. The summed E-state index contributed by atoms with van der Waals surface area (Å²) in [5.74, 6) is 0.0279. The van der Waals surface area contributed by atoms with Gasteiger partial charge >= 0.3 is 5.97 Å². The maximum atomic E-state index is 11.6. The molecule has 5 heteroatoms. The van der Waals surface area contributed by atoms with Gasteiger partial charge in [-0.05, 0) is 26.7 Å². The van der Waals surface area contributed by atoms with Crippen molar-refractivity contribution in [2.75, 3.05) is 6.61 Å². The lowest BCUT2D eigenvalue weighted by atomic mass is 10.2. The Balaban J connectivity index is 1.82. The summed E-state index contributed by atoms with van der Waals surface area (Å²) >= 11 is 0. The molecule has 2 atom stereocenters. The first kappa shape index (κ1) is 11.1. The minimum atomic E-state index is -0.450. The summed E-state index contributed by atoms with van der Waals surface area (Å²) in [5, 5.41) is 0. The van der Waals surface area contributed by atoms with Crippen molar-refractivity contribution in [1.82, 2.24) is 4.98 Å². The van der Waals surface area contributed by atoms with Crippen molar-refractivity contribution < 1.29 is 18.7 Å². The molecule has 1 fully saturated rings. The van der Waals surface area contributed by atoms with Crippen LogP contribution in [0.25, 0.3) is 0 Å². The van der Waals surface area contributed by atoms with Crippen molar-refractivity contribution in [2.45, 2.75) is 38.9 Å². The first-order valence-corrected chi connectivity index (χ1v) is 5.39. The van der Waals surface area contributed by atoms with Gasteiger partial charge in [0.05, 0.1) is 12.2 Å². The molecule has 0 spiro atoms. The lowest BCUT2D eigenvalue weighted by molar-refractivity contribution is -0.00305. The molecule has 0 saturated carbocycles. The van der Waals surface area contributed by atoms with Crippen LogP contribution in [0.2, 0.25) is 0 Å². The number of aryl methyl sites for hydroxylation is 1. The monoisotopic (exact) mass is 225 g/mol. The Hall–Kier alpha value is -1.36. The van der Waals surface area contributed by atoms with Crippen LogP contribution in [0.5, 0.6) is 0 Å². The Morgan fingerprint density at radius 1 is 1.62 bits per heavy atom. The number of oxazole rings is 1. The third kappa shape index (κ3) is 2.41. The summed E-state index contributed by atoms with van der Waals surface area (Å²) < 4.78 is 15.6. The van der Waals surface area contributed by atoms with Gasteiger partial charge in [0.2, 0.25) is 0 Å². The standard InChI is InChI=1S/C11H15NO4/c1-7-3-4-9(16-7)5-14-11(13)10-8(2)15-6-12-10/h6-7,9H,3-5H2,1-2H3/t7-,9-/m1/s1. The second-order valence-electron chi connectivity index (χ2n) is 4.00. The van der Waals surface area contributed by atoms with Gasteiger partial charge in [-0.25, -0.2) is 9.78 Å². The van der Waals surface area contributed by atoms with Gasteiger partial charge in [0.1, 0.15) is 12.4 Å². The van der Waals surface area contributed by atoms with Crippen LogP contribution in [0, 0.1) is 6.92 Å². The summed E-state index contributed by atoms with van der Waals surface area (Å²) in [6, 6.07) is 0. The Bertz CT molecular complexity index is 374. The Morgan fingerprint density at radius 2 is 2.44 bits per heavy atom. The minimum absolute atomic E-state index is 0.0196. The van der Waals surface area contributed by atoms with Gasteiger partial charge in [0.25, 0.3) is 0 Å². The smallest absolute Gasteiger partial charge is 0.360 e. The maximum Gasteiger partial charge on any atom is 0.360 e. The molecule has 1 aromatic heterocycles. The fourth-order valence-electron chi connectivity index (χ4n) is 1.75. The van der Waals surface area contributed by atoms with E-state index in [1.54, 1.807) is 6.92 Å². The molecule has 0 aliphatic carbocycles. The van der Waals surface area contributed by atoms with E-state index in [-0.39, 0.29) is 24.5 Å². The first-order chi connectivity index (χ1) is 7.66. The number of aromatic nitrogens is 1. The Labute approximate surface area is 93.7 Å². The van der Waals surface area contributed by atoms with Crippen molar-refractivity contribution in [2.24, 2.45) is 0 Å². The number of carbonyl (C=O) groups excluding carboxylic acids is 1. The molecular formula is C11H15NO4. The van der Waals surface area contributed by atoms with E-state index in [9.17, 15) is 4.79 Å². The zero-order valence-electron chi connectivity index (χ0n) is 9.43. The van der Waals surface area contributed by atoms with Gasteiger partial charge in [0.15, 0.2) is 12.1 Å². The van der Waals surface area contributed by atoms with Crippen LogP contribution in [0.1, 0.15) is 36.0 Å². The van der Waals surface area contributed by atoms with Crippen LogP contribution >= 0.6 is 0 Å². The summed E-state index contributed by atoms with van der Waals surface area (Å²) in [5.41, 5.74) is 0.242. The van der Waals surface area contributed by atoms with Crippen LogP contribution in [0.15, 0.2) is 10.8 Å². The largest absolute Gasteiger partial charge is 0.458 e. The van der Waals surface area contributed by atoms with E-state index < -0.39 is 5.97 Å². The van der Waals surface area contributed by atoms with Gasteiger partial charge in [-0.15, -0.1) is 0 Å². The number of rotatable bonds is 3. The van der Waals surface area contributed by atoms with E-state index in [1.807, 2.05) is 6.92 Å². The van der Waals surface area contributed by atoms with Crippen LogP contribution in [0.3, 0.4) is 0 Å². The molecule has 88 valence electrons. The van der Waals surface area contributed by atoms with Crippen molar-refractivity contribution in [3.05, 3.63) is 17.8 Å². The normalized spacial score (nSPS) is 24.6. The van der Waals surface area contributed by atoms with E-state index in [2.05, 4.69) is 4.98 Å². The highest BCUT2D eigenvalue weighted by Crippen LogP contribution is 2.19. The number of nitrogens with zero attached hydrogens (tertiary/aromatic N) is 1. The fourth-order valence-corrected chi connectivity index (χ4v) is 1.75. The van der Waals surface area contributed by atoms with Gasteiger partial charge < -0.3 is 13.9 Å². The van der Waals surface area contributed by atoms with Gasteiger partial charge in [0, 0.05) is 0 Å². The second kappa shape index (κ2) is 4.65. The molecule has 5 nitrogen and oxygen atoms in total. The highest BCUT2D eigenvalue weighted by Gasteiger charge is 2.24. The Kier molecular flexibility index (Phi) is 3.24. The van der Waals surface area contributed by atoms with Crippen molar-refractivity contribution >= 4 is 5.97 Å². The zero-order valence-corrected chi connectivity index (χ0v) is 9.43. The number of carbonyl (C=O) groups is 1. The van der Waals surface area contributed by atoms with Gasteiger partial charge in [-0.1, -0.05) is 0 Å². The molecule has 1 aromatic rings. The SMILES string of the molecule is Cc1ocnc1C(=O)OC[C@H]1CC[C@@H](C)O1. The summed E-state index contributed by atoms with van der Waals surface area (Å²) in [4.78, 5) is 15.4. The zero-order chi connectivity index (χ0) is 11.5. The highest BCUT2D eigenvalue weighted by molar-refractivity contribution is 5.88. The first-order valence-electron chi connectivity index (χ1n) is 5.39. The molecule has 1 saturated heterocycles. The molecule has 0 radical (unpaired) electrons. The van der Waals surface area contributed by atoms with Crippen molar-refractivity contribution in [1.29, 1.82) is 0 Å². The fraction of sp³-hybridized carbons (Fsp3) is 0.636. The van der Waals surface area contributed by atoms with Crippen LogP contribution < -0.4 is 0 Å². The number of hydrogen-bond donors (Lipinski definition) is 0. The second-order valence-corrected chi connectivity index (χ2v) is 4.00.